The summed E-state index contributed by atoms with van der Waals surface area (Å²) in [6, 6.07) is 10.1. The summed E-state index contributed by atoms with van der Waals surface area (Å²) in [7, 11) is 1.71. The molecule has 0 aromatic heterocycles. The molecule has 3 N–H and O–H groups in total. The third-order valence-corrected chi connectivity index (χ3v) is 2.61. The van der Waals surface area contributed by atoms with Crippen molar-refractivity contribution in [3.05, 3.63) is 35.9 Å². The molecule has 0 aliphatic carbocycles. The van der Waals surface area contributed by atoms with Crippen LogP contribution in [0, 0.1) is 0 Å². The van der Waals surface area contributed by atoms with E-state index in [4.69, 9.17) is 4.74 Å². The van der Waals surface area contributed by atoms with Crippen LogP contribution in [0.2, 0.25) is 0 Å². The lowest BCUT2D eigenvalue weighted by molar-refractivity contribution is 0.0529. The van der Waals surface area contributed by atoms with E-state index in [9.17, 15) is 4.79 Å². The monoisotopic (exact) mass is 434 g/mol. The number of alkyl carbamates (subject to hydrolysis) is 1. The van der Waals surface area contributed by atoms with Crippen molar-refractivity contribution in [3.8, 4) is 0 Å². The molecule has 0 atom stereocenters. The molecular weight excluding hydrogens is 407 g/mol. The lowest BCUT2D eigenvalue weighted by atomic mass is 10.2. The minimum Gasteiger partial charge on any atom is -0.444 e. The molecule has 0 aliphatic heterocycles. The van der Waals surface area contributed by atoms with Gasteiger partial charge in [0.05, 0.1) is 0 Å². The van der Waals surface area contributed by atoms with Gasteiger partial charge in [0.15, 0.2) is 5.96 Å². The largest absolute Gasteiger partial charge is 0.444 e. The highest BCUT2D eigenvalue weighted by atomic mass is 127. The van der Waals surface area contributed by atoms with Crippen LogP contribution in [0.15, 0.2) is 35.3 Å². The van der Waals surface area contributed by atoms with E-state index in [1.54, 1.807) is 7.05 Å². The van der Waals surface area contributed by atoms with Gasteiger partial charge in [-0.3, -0.25) is 4.99 Å². The van der Waals surface area contributed by atoms with Gasteiger partial charge < -0.3 is 20.7 Å². The second kappa shape index (κ2) is 11.1. The van der Waals surface area contributed by atoms with E-state index < -0.39 is 11.7 Å². The summed E-state index contributed by atoms with van der Waals surface area (Å²) in [5.74, 6) is 0.690. The maximum absolute atomic E-state index is 11.5. The standard InChI is InChI=1S/C16H26N4O2.HI/c1-16(2,3)22-15(21)19-11-10-18-14(17-4)20-12-13-8-6-5-7-9-13;/h5-9H,10-12H2,1-4H3,(H,19,21)(H2,17,18,20);1H. The molecule has 23 heavy (non-hydrogen) atoms. The first-order chi connectivity index (χ1) is 10.4. The number of rotatable bonds is 5. The first kappa shape index (κ1) is 21.5. The molecule has 130 valence electrons. The Kier molecular flexibility index (Phi) is 10.4. The number of hydrogen-bond donors (Lipinski definition) is 3. The molecule has 1 aromatic rings. The number of guanidine groups is 1. The number of carbonyl (C=O) groups excluding carboxylic acids is 1. The van der Waals surface area contributed by atoms with E-state index in [1.807, 2.05) is 51.1 Å². The molecule has 0 saturated carbocycles. The van der Waals surface area contributed by atoms with Gasteiger partial charge in [-0.1, -0.05) is 30.3 Å². The Bertz CT molecular complexity index is 487. The molecule has 0 bridgehead atoms. The van der Waals surface area contributed by atoms with Crippen LogP contribution in [0.3, 0.4) is 0 Å². The Hall–Kier alpha value is -1.51. The molecule has 0 radical (unpaired) electrons. The molecule has 6 nitrogen and oxygen atoms in total. The number of amides is 1. The van der Waals surface area contributed by atoms with Crippen LogP contribution in [0.25, 0.3) is 0 Å². The predicted molar refractivity (Wildman–Crippen MR) is 104 cm³/mol. The Balaban J connectivity index is 0.00000484. The molecule has 0 fully saturated rings. The van der Waals surface area contributed by atoms with Crippen LogP contribution in [-0.4, -0.2) is 37.8 Å². The van der Waals surface area contributed by atoms with Crippen LogP contribution in [0.4, 0.5) is 4.79 Å². The normalized spacial score (nSPS) is 11.2. The lowest BCUT2D eigenvalue weighted by Crippen LogP contribution is -2.42. The van der Waals surface area contributed by atoms with Crippen molar-refractivity contribution < 1.29 is 9.53 Å². The summed E-state index contributed by atoms with van der Waals surface area (Å²) < 4.78 is 5.15. The minimum atomic E-state index is -0.481. The SMILES string of the molecule is CN=C(NCCNC(=O)OC(C)(C)C)NCc1ccccc1.I. The fourth-order valence-corrected chi connectivity index (χ4v) is 1.66. The molecule has 1 amide bonds. The van der Waals surface area contributed by atoms with E-state index in [-0.39, 0.29) is 24.0 Å². The van der Waals surface area contributed by atoms with Gasteiger partial charge in [0.25, 0.3) is 0 Å². The van der Waals surface area contributed by atoms with Gasteiger partial charge in [-0.2, -0.15) is 0 Å². The van der Waals surface area contributed by atoms with E-state index in [0.29, 0.717) is 25.6 Å². The molecule has 1 aromatic carbocycles. The maximum atomic E-state index is 11.5. The van der Waals surface area contributed by atoms with Crippen molar-refractivity contribution in [1.82, 2.24) is 16.0 Å². The van der Waals surface area contributed by atoms with Crippen molar-refractivity contribution in [3.63, 3.8) is 0 Å². The Morgan fingerprint density at radius 2 is 1.70 bits per heavy atom. The van der Waals surface area contributed by atoms with Crippen molar-refractivity contribution in [2.45, 2.75) is 32.9 Å². The molecule has 0 saturated heterocycles. The fourth-order valence-electron chi connectivity index (χ4n) is 1.66. The molecule has 7 heteroatoms. The second-order valence-electron chi connectivity index (χ2n) is 5.77. The summed E-state index contributed by atoms with van der Waals surface area (Å²) >= 11 is 0. The van der Waals surface area contributed by atoms with Gasteiger partial charge in [-0.05, 0) is 26.3 Å². The summed E-state index contributed by atoms with van der Waals surface area (Å²) in [6.07, 6.45) is -0.415. The predicted octanol–water partition coefficient (Wildman–Crippen LogP) is 2.49. The summed E-state index contributed by atoms with van der Waals surface area (Å²) in [5, 5.41) is 9.02. The van der Waals surface area contributed by atoms with Crippen LogP contribution in [-0.2, 0) is 11.3 Å². The average molecular weight is 434 g/mol. The smallest absolute Gasteiger partial charge is 0.407 e. The first-order valence-corrected chi connectivity index (χ1v) is 7.36. The van der Waals surface area contributed by atoms with Gasteiger partial charge >= 0.3 is 6.09 Å². The molecule has 0 spiro atoms. The van der Waals surface area contributed by atoms with Gasteiger partial charge in [-0.15, -0.1) is 24.0 Å². The first-order valence-electron chi connectivity index (χ1n) is 7.36. The van der Waals surface area contributed by atoms with E-state index in [1.165, 1.54) is 5.56 Å². The topological polar surface area (TPSA) is 74.8 Å². The summed E-state index contributed by atoms with van der Waals surface area (Å²) in [6.45, 7) is 7.22. The number of nitrogens with zero attached hydrogens (tertiary/aromatic N) is 1. The Labute approximate surface area is 155 Å². The number of benzene rings is 1. The number of aliphatic imine (C=N–C) groups is 1. The molecule has 0 aliphatic rings. The van der Waals surface area contributed by atoms with Crippen LogP contribution >= 0.6 is 24.0 Å². The van der Waals surface area contributed by atoms with E-state index in [2.05, 4.69) is 20.9 Å². The number of carbonyl (C=O) groups is 1. The summed E-state index contributed by atoms with van der Waals surface area (Å²) in [5.41, 5.74) is 0.697. The van der Waals surface area contributed by atoms with E-state index >= 15 is 0 Å². The van der Waals surface area contributed by atoms with Crippen LogP contribution in [0.5, 0.6) is 0 Å². The fraction of sp³-hybridized carbons (Fsp3) is 0.500. The second-order valence-corrected chi connectivity index (χ2v) is 5.77. The van der Waals surface area contributed by atoms with E-state index in [0.717, 1.165) is 0 Å². The molecule has 1 rings (SSSR count). The van der Waals surface area contributed by atoms with Gasteiger partial charge in [0, 0.05) is 26.7 Å². The number of hydrogen-bond acceptors (Lipinski definition) is 3. The van der Waals surface area contributed by atoms with Crippen LogP contribution in [0.1, 0.15) is 26.3 Å². The summed E-state index contributed by atoms with van der Waals surface area (Å²) in [4.78, 5) is 15.6. The molecular formula is C16H27IN4O2. The van der Waals surface area contributed by atoms with Gasteiger partial charge in [-0.25, -0.2) is 4.79 Å². The van der Waals surface area contributed by atoms with Gasteiger partial charge in [0.1, 0.15) is 5.60 Å². The highest BCUT2D eigenvalue weighted by molar-refractivity contribution is 14.0. The number of nitrogens with one attached hydrogen (secondary N) is 3. The lowest BCUT2D eigenvalue weighted by Gasteiger charge is -2.19. The van der Waals surface area contributed by atoms with Crippen molar-refractivity contribution >= 4 is 36.0 Å². The van der Waals surface area contributed by atoms with Crippen molar-refractivity contribution in [2.24, 2.45) is 4.99 Å². The number of halogens is 1. The quantitative estimate of drug-likeness (QED) is 0.288. The highest BCUT2D eigenvalue weighted by Crippen LogP contribution is 2.05. The highest BCUT2D eigenvalue weighted by Gasteiger charge is 2.15. The molecule has 0 unspecified atom stereocenters. The zero-order valence-electron chi connectivity index (χ0n) is 14.2. The minimum absolute atomic E-state index is 0. The van der Waals surface area contributed by atoms with Gasteiger partial charge in [0.2, 0.25) is 0 Å². The Morgan fingerprint density at radius 3 is 2.26 bits per heavy atom. The maximum Gasteiger partial charge on any atom is 0.407 e. The molecule has 0 heterocycles. The zero-order chi connectivity index (χ0) is 16.4. The average Bonchev–Trinajstić information content (AvgIpc) is 2.46. The zero-order valence-corrected chi connectivity index (χ0v) is 16.5. The number of ether oxygens (including phenoxy) is 1. The third kappa shape index (κ3) is 10.8. The third-order valence-electron chi connectivity index (χ3n) is 2.61. The van der Waals surface area contributed by atoms with Crippen molar-refractivity contribution in [2.75, 3.05) is 20.1 Å². The van der Waals surface area contributed by atoms with Crippen LogP contribution < -0.4 is 16.0 Å². The van der Waals surface area contributed by atoms with Crippen molar-refractivity contribution in [1.29, 1.82) is 0 Å². The Morgan fingerprint density at radius 1 is 1.09 bits per heavy atom.